The molecule has 3 rings (SSSR count). The standard InChI is InChI=1S/C37H43NO7/c1-24(2)31(35(42)32(39)19-18-27-14-11-17-29(20-27)37(44)45-4)23-33(40)25(3)38-36(43)30(21-26-12-7-5-8-13-26)22-34(41)28-15-9-6-10-16-28/h5-17,20,24-25,30-31,35,42H,18-19,21-23H2,1-4H3,(H,38,43)/t25-,30+,31-,35?/m0/s1. The van der Waals surface area contributed by atoms with Gasteiger partial charge >= 0.3 is 5.97 Å². The third-order valence-electron chi connectivity index (χ3n) is 8.10. The van der Waals surface area contributed by atoms with Crippen LogP contribution in [0, 0.1) is 17.8 Å². The largest absolute Gasteiger partial charge is 0.465 e. The van der Waals surface area contributed by atoms with Gasteiger partial charge in [0.2, 0.25) is 5.91 Å². The second kappa shape index (κ2) is 17.2. The fraction of sp³-hybridized carbons (Fsp3) is 0.378. The van der Waals surface area contributed by atoms with E-state index in [-0.39, 0.29) is 36.7 Å². The Morgan fingerprint density at radius 1 is 0.756 bits per heavy atom. The number of aliphatic hydroxyl groups is 1. The Morgan fingerprint density at radius 2 is 1.36 bits per heavy atom. The maximum atomic E-state index is 13.4. The highest BCUT2D eigenvalue weighted by atomic mass is 16.5. The zero-order chi connectivity index (χ0) is 32.9. The first-order valence-corrected chi connectivity index (χ1v) is 15.3. The summed E-state index contributed by atoms with van der Waals surface area (Å²) in [6, 6.07) is 24.1. The predicted octanol–water partition coefficient (Wildman–Crippen LogP) is 5.20. The quantitative estimate of drug-likeness (QED) is 0.158. The van der Waals surface area contributed by atoms with E-state index < -0.39 is 41.6 Å². The van der Waals surface area contributed by atoms with Crippen molar-refractivity contribution in [2.45, 2.75) is 65.0 Å². The van der Waals surface area contributed by atoms with Crippen LogP contribution < -0.4 is 5.32 Å². The molecule has 1 amide bonds. The van der Waals surface area contributed by atoms with Crippen LogP contribution in [0.2, 0.25) is 0 Å². The summed E-state index contributed by atoms with van der Waals surface area (Å²) >= 11 is 0. The van der Waals surface area contributed by atoms with Crippen LogP contribution in [0.25, 0.3) is 0 Å². The first kappa shape index (κ1) is 35.1. The Kier molecular flexibility index (Phi) is 13.4. The number of rotatable bonds is 17. The van der Waals surface area contributed by atoms with E-state index in [0.29, 0.717) is 24.0 Å². The van der Waals surface area contributed by atoms with Gasteiger partial charge in [0, 0.05) is 36.7 Å². The molecule has 4 atom stereocenters. The molecule has 8 nitrogen and oxygen atoms in total. The van der Waals surface area contributed by atoms with E-state index in [0.717, 1.165) is 11.1 Å². The summed E-state index contributed by atoms with van der Waals surface area (Å²) in [5.41, 5.74) is 2.54. The summed E-state index contributed by atoms with van der Waals surface area (Å²) in [5.74, 6) is -3.28. The van der Waals surface area contributed by atoms with Gasteiger partial charge in [-0.2, -0.15) is 0 Å². The number of Topliss-reactive ketones (excluding diaryl/α,β-unsaturated/α-hetero) is 3. The predicted molar refractivity (Wildman–Crippen MR) is 172 cm³/mol. The van der Waals surface area contributed by atoms with Crippen LogP contribution in [0.5, 0.6) is 0 Å². The second-order valence-corrected chi connectivity index (χ2v) is 11.8. The molecule has 0 radical (unpaired) electrons. The fourth-order valence-corrected chi connectivity index (χ4v) is 5.28. The lowest BCUT2D eigenvalue weighted by Crippen LogP contribution is -2.44. The van der Waals surface area contributed by atoms with Crippen molar-refractivity contribution < 1.29 is 33.8 Å². The van der Waals surface area contributed by atoms with Gasteiger partial charge in [-0.25, -0.2) is 4.79 Å². The van der Waals surface area contributed by atoms with Gasteiger partial charge in [0.25, 0.3) is 0 Å². The molecule has 3 aromatic rings. The molecule has 0 saturated carbocycles. The fourth-order valence-electron chi connectivity index (χ4n) is 5.28. The van der Waals surface area contributed by atoms with Gasteiger partial charge in [-0.3, -0.25) is 19.2 Å². The number of ketones is 3. The minimum atomic E-state index is -1.37. The molecular weight excluding hydrogens is 570 g/mol. The molecule has 0 aromatic heterocycles. The third kappa shape index (κ3) is 10.6. The van der Waals surface area contributed by atoms with Crippen molar-refractivity contribution in [3.05, 3.63) is 107 Å². The van der Waals surface area contributed by atoms with E-state index in [2.05, 4.69) is 5.32 Å². The molecule has 0 spiro atoms. The van der Waals surface area contributed by atoms with Crippen molar-refractivity contribution in [3.63, 3.8) is 0 Å². The number of aryl methyl sites for hydroxylation is 1. The molecule has 0 heterocycles. The van der Waals surface area contributed by atoms with Gasteiger partial charge in [-0.05, 0) is 48.9 Å². The highest BCUT2D eigenvalue weighted by molar-refractivity contribution is 5.99. The van der Waals surface area contributed by atoms with Gasteiger partial charge in [0.05, 0.1) is 18.7 Å². The highest BCUT2D eigenvalue weighted by Crippen LogP contribution is 2.24. The van der Waals surface area contributed by atoms with E-state index in [9.17, 15) is 29.1 Å². The van der Waals surface area contributed by atoms with Crippen molar-refractivity contribution in [2.75, 3.05) is 7.11 Å². The van der Waals surface area contributed by atoms with E-state index in [1.807, 2.05) is 50.2 Å². The maximum absolute atomic E-state index is 13.4. The van der Waals surface area contributed by atoms with E-state index in [1.54, 1.807) is 55.5 Å². The molecule has 8 heteroatoms. The third-order valence-corrected chi connectivity index (χ3v) is 8.10. The van der Waals surface area contributed by atoms with E-state index in [1.165, 1.54) is 7.11 Å². The highest BCUT2D eigenvalue weighted by Gasteiger charge is 2.33. The summed E-state index contributed by atoms with van der Waals surface area (Å²) in [7, 11) is 1.30. The van der Waals surface area contributed by atoms with Gasteiger partial charge in [-0.15, -0.1) is 0 Å². The summed E-state index contributed by atoms with van der Waals surface area (Å²) in [4.78, 5) is 64.6. The summed E-state index contributed by atoms with van der Waals surface area (Å²) < 4.78 is 4.75. The van der Waals surface area contributed by atoms with Crippen LogP contribution in [-0.2, 0) is 32.0 Å². The number of carbonyl (C=O) groups is 5. The Bertz CT molecular complexity index is 1450. The van der Waals surface area contributed by atoms with E-state index >= 15 is 0 Å². The zero-order valence-corrected chi connectivity index (χ0v) is 26.4. The summed E-state index contributed by atoms with van der Waals surface area (Å²) in [6.07, 6.45) is -0.805. The monoisotopic (exact) mass is 613 g/mol. The van der Waals surface area contributed by atoms with Gasteiger partial charge in [0.1, 0.15) is 6.10 Å². The first-order valence-electron chi connectivity index (χ1n) is 15.3. The number of nitrogens with one attached hydrogen (secondary N) is 1. The van der Waals surface area contributed by atoms with E-state index in [4.69, 9.17) is 4.74 Å². The van der Waals surface area contributed by atoms with Crippen LogP contribution in [0.4, 0.5) is 0 Å². The number of carbonyl (C=O) groups excluding carboxylic acids is 5. The molecule has 0 aliphatic carbocycles. The lowest BCUT2D eigenvalue weighted by Gasteiger charge is -2.27. The van der Waals surface area contributed by atoms with Crippen molar-refractivity contribution >= 4 is 29.2 Å². The number of ether oxygens (including phenoxy) is 1. The Labute approximate surface area is 265 Å². The SMILES string of the molecule is COC(=O)c1cccc(CCC(=O)C(O)[C@@H](CC(=O)[C@H](C)NC(=O)[C@@H](CC(=O)c2ccccc2)Cc2ccccc2)C(C)C)c1. The number of benzene rings is 3. The normalized spacial score (nSPS) is 13.7. The van der Waals surface area contributed by atoms with Crippen LogP contribution in [0.1, 0.15) is 71.9 Å². The number of amides is 1. The topological polar surface area (TPSA) is 127 Å². The van der Waals surface area contributed by atoms with Gasteiger partial charge < -0.3 is 15.2 Å². The van der Waals surface area contributed by atoms with Crippen LogP contribution in [0.3, 0.4) is 0 Å². The number of hydrogen-bond acceptors (Lipinski definition) is 7. The molecule has 2 N–H and O–H groups in total. The van der Waals surface area contributed by atoms with Crippen molar-refractivity contribution in [3.8, 4) is 0 Å². The maximum Gasteiger partial charge on any atom is 0.337 e. The summed E-state index contributed by atoms with van der Waals surface area (Å²) in [5, 5.41) is 13.8. The lowest BCUT2D eigenvalue weighted by molar-refractivity contribution is -0.134. The zero-order valence-electron chi connectivity index (χ0n) is 26.4. The first-order chi connectivity index (χ1) is 21.5. The second-order valence-electron chi connectivity index (χ2n) is 11.8. The molecular formula is C37H43NO7. The van der Waals surface area contributed by atoms with Gasteiger partial charge in [-0.1, -0.05) is 86.6 Å². The Hall–Kier alpha value is -4.43. The molecule has 3 aromatic carbocycles. The molecule has 0 aliphatic heterocycles. The lowest BCUT2D eigenvalue weighted by atomic mass is 9.82. The van der Waals surface area contributed by atoms with Crippen LogP contribution in [0.15, 0.2) is 84.9 Å². The molecule has 0 bridgehead atoms. The average Bonchev–Trinajstić information content (AvgIpc) is 3.05. The molecule has 45 heavy (non-hydrogen) atoms. The Morgan fingerprint density at radius 3 is 1.98 bits per heavy atom. The van der Waals surface area contributed by atoms with Crippen molar-refractivity contribution in [1.29, 1.82) is 0 Å². The Balaban J connectivity index is 1.63. The van der Waals surface area contributed by atoms with Crippen molar-refractivity contribution in [1.82, 2.24) is 5.32 Å². The molecule has 238 valence electrons. The minimum Gasteiger partial charge on any atom is -0.465 e. The number of methoxy groups -OCH3 is 1. The molecule has 0 saturated heterocycles. The molecule has 1 unspecified atom stereocenters. The minimum absolute atomic E-state index is 0.0178. The number of esters is 1. The smallest absolute Gasteiger partial charge is 0.337 e. The molecule has 0 fully saturated rings. The van der Waals surface area contributed by atoms with Crippen LogP contribution >= 0.6 is 0 Å². The number of aliphatic hydroxyl groups excluding tert-OH is 1. The summed E-state index contributed by atoms with van der Waals surface area (Å²) in [6.45, 7) is 5.25. The van der Waals surface area contributed by atoms with Crippen LogP contribution in [-0.4, -0.2) is 53.6 Å². The number of hydrogen-bond donors (Lipinski definition) is 2. The van der Waals surface area contributed by atoms with Gasteiger partial charge in [0.15, 0.2) is 17.3 Å². The van der Waals surface area contributed by atoms with Crippen molar-refractivity contribution in [2.24, 2.45) is 17.8 Å². The molecule has 0 aliphatic rings. The average molecular weight is 614 g/mol.